The molecule has 2 atom stereocenters. The largest absolute Gasteiger partial charge is 0.381 e. The molecular formula is C13H17ClN2O4S. The summed E-state index contributed by atoms with van der Waals surface area (Å²) in [5.41, 5.74) is 0.174. The van der Waals surface area contributed by atoms with E-state index in [-0.39, 0.29) is 33.5 Å². The van der Waals surface area contributed by atoms with Crippen LogP contribution in [0.4, 0.5) is 0 Å². The summed E-state index contributed by atoms with van der Waals surface area (Å²) in [6.07, 6.45) is 2.60. The van der Waals surface area contributed by atoms with Crippen LogP contribution < -0.4 is 10.5 Å². The van der Waals surface area contributed by atoms with Crippen molar-refractivity contribution >= 4 is 27.5 Å². The van der Waals surface area contributed by atoms with Crippen LogP contribution in [0.15, 0.2) is 23.1 Å². The predicted octanol–water partition coefficient (Wildman–Crippen LogP) is 1.28. The van der Waals surface area contributed by atoms with Crippen molar-refractivity contribution in [1.29, 1.82) is 0 Å². The third-order valence-corrected chi connectivity index (χ3v) is 4.63. The van der Waals surface area contributed by atoms with E-state index in [1.807, 2.05) is 0 Å². The van der Waals surface area contributed by atoms with Gasteiger partial charge in [0, 0.05) is 23.7 Å². The SMILES string of the molecule is COC1CCC(NC(=O)c2cc(Cl)cc(S(N)(=O)=O)c2)C1. The second-order valence-electron chi connectivity index (χ2n) is 5.06. The molecule has 1 aromatic rings. The van der Waals surface area contributed by atoms with E-state index in [0.717, 1.165) is 19.3 Å². The maximum Gasteiger partial charge on any atom is 0.251 e. The van der Waals surface area contributed by atoms with Crippen molar-refractivity contribution in [3.63, 3.8) is 0 Å². The summed E-state index contributed by atoms with van der Waals surface area (Å²) in [4.78, 5) is 12.0. The van der Waals surface area contributed by atoms with Gasteiger partial charge in [-0.2, -0.15) is 0 Å². The molecule has 2 unspecified atom stereocenters. The monoisotopic (exact) mass is 332 g/mol. The lowest BCUT2D eigenvalue weighted by Crippen LogP contribution is -2.33. The van der Waals surface area contributed by atoms with Gasteiger partial charge in [0.05, 0.1) is 11.0 Å². The molecular weight excluding hydrogens is 316 g/mol. The molecule has 1 aliphatic carbocycles. The van der Waals surface area contributed by atoms with Crippen LogP contribution in [-0.2, 0) is 14.8 Å². The van der Waals surface area contributed by atoms with E-state index in [9.17, 15) is 13.2 Å². The number of hydrogen-bond acceptors (Lipinski definition) is 4. The molecule has 1 saturated carbocycles. The number of methoxy groups -OCH3 is 1. The van der Waals surface area contributed by atoms with Crippen LogP contribution >= 0.6 is 11.6 Å². The normalized spacial score (nSPS) is 22.2. The molecule has 2 rings (SSSR count). The quantitative estimate of drug-likeness (QED) is 0.867. The average Bonchev–Trinajstić information content (AvgIpc) is 2.84. The van der Waals surface area contributed by atoms with Crippen LogP contribution in [0, 0.1) is 0 Å². The fraction of sp³-hybridized carbons (Fsp3) is 0.462. The van der Waals surface area contributed by atoms with E-state index in [1.54, 1.807) is 7.11 Å². The predicted molar refractivity (Wildman–Crippen MR) is 78.7 cm³/mol. The van der Waals surface area contributed by atoms with Gasteiger partial charge in [-0.1, -0.05) is 11.6 Å². The molecule has 0 spiro atoms. The zero-order valence-electron chi connectivity index (χ0n) is 11.5. The summed E-state index contributed by atoms with van der Waals surface area (Å²) in [7, 11) is -2.26. The van der Waals surface area contributed by atoms with Gasteiger partial charge in [-0.3, -0.25) is 4.79 Å². The standard InChI is InChI=1S/C13H17ClN2O4S/c1-20-11-3-2-10(7-11)16-13(17)8-4-9(14)6-12(5-8)21(15,18)19/h4-6,10-11H,2-3,7H2,1H3,(H,16,17)(H2,15,18,19). The Morgan fingerprint density at radius 3 is 2.67 bits per heavy atom. The fourth-order valence-electron chi connectivity index (χ4n) is 2.41. The Bertz CT molecular complexity index is 648. The van der Waals surface area contributed by atoms with Crippen LogP contribution in [0.5, 0.6) is 0 Å². The molecule has 0 bridgehead atoms. The topological polar surface area (TPSA) is 98.5 Å². The van der Waals surface area contributed by atoms with Crippen molar-refractivity contribution in [3.05, 3.63) is 28.8 Å². The first-order valence-electron chi connectivity index (χ1n) is 6.46. The Hall–Kier alpha value is -1.15. The van der Waals surface area contributed by atoms with Crippen LogP contribution in [0.1, 0.15) is 29.6 Å². The molecule has 0 aromatic heterocycles. The molecule has 0 radical (unpaired) electrons. The smallest absolute Gasteiger partial charge is 0.251 e. The number of ether oxygens (including phenoxy) is 1. The molecule has 1 aliphatic rings. The summed E-state index contributed by atoms with van der Waals surface area (Å²) >= 11 is 5.84. The maximum absolute atomic E-state index is 12.2. The van der Waals surface area contributed by atoms with Gasteiger partial charge in [0.25, 0.3) is 5.91 Å². The molecule has 0 heterocycles. The Morgan fingerprint density at radius 1 is 1.38 bits per heavy atom. The first-order chi connectivity index (χ1) is 9.79. The van der Waals surface area contributed by atoms with E-state index in [4.69, 9.17) is 21.5 Å². The van der Waals surface area contributed by atoms with E-state index < -0.39 is 10.0 Å². The minimum absolute atomic E-state index is 0.0133. The highest BCUT2D eigenvalue weighted by atomic mass is 35.5. The molecule has 0 aliphatic heterocycles. The zero-order valence-corrected chi connectivity index (χ0v) is 13.1. The Morgan fingerprint density at radius 2 is 2.10 bits per heavy atom. The van der Waals surface area contributed by atoms with Gasteiger partial charge < -0.3 is 10.1 Å². The van der Waals surface area contributed by atoms with Gasteiger partial charge in [0.1, 0.15) is 0 Å². The number of nitrogens with two attached hydrogens (primary N) is 1. The Labute approximate surface area is 128 Å². The highest BCUT2D eigenvalue weighted by molar-refractivity contribution is 7.89. The van der Waals surface area contributed by atoms with Crippen LogP contribution in [0.3, 0.4) is 0 Å². The van der Waals surface area contributed by atoms with E-state index >= 15 is 0 Å². The van der Waals surface area contributed by atoms with Crippen LogP contribution in [0.2, 0.25) is 5.02 Å². The summed E-state index contributed by atoms with van der Waals surface area (Å²) in [5, 5.41) is 8.06. The van der Waals surface area contributed by atoms with Gasteiger partial charge in [0.15, 0.2) is 0 Å². The molecule has 116 valence electrons. The second kappa shape index (κ2) is 6.31. The summed E-state index contributed by atoms with van der Waals surface area (Å²) < 4.78 is 28.0. The number of nitrogens with one attached hydrogen (secondary N) is 1. The van der Waals surface area contributed by atoms with Gasteiger partial charge in [-0.15, -0.1) is 0 Å². The molecule has 0 saturated heterocycles. The minimum atomic E-state index is -3.91. The minimum Gasteiger partial charge on any atom is -0.381 e. The first-order valence-corrected chi connectivity index (χ1v) is 8.39. The first kappa shape index (κ1) is 16.2. The van der Waals surface area contributed by atoms with E-state index in [2.05, 4.69) is 5.32 Å². The number of carbonyl (C=O) groups excluding carboxylic acids is 1. The second-order valence-corrected chi connectivity index (χ2v) is 7.06. The van der Waals surface area contributed by atoms with Gasteiger partial charge in [-0.05, 0) is 37.5 Å². The van der Waals surface area contributed by atoms with Crippen LogP contribution in [-0.4, -0.2) is 33.6 Å². The Kier molecular flexibility index (Phi) is 4.88. The molecule has 1 amide bonds. The van der Waals surface area contributed by atoms with Crippen LogP contribution in [0.25, 0.3) is 0 Å². The third kappa shape index (κ3) is 4.16. The average molecular weight is 333 g/mol. The Balaban J connectivity index is 2.15. The van der Waals surface area contributed by atoms with Gasteiger partial charge in [0.2, 0.25) is 10.0 Å². The number of benzene rings is 1. The van der Waals surface area contributed by atoms with Crippen molar-refractivity contribution in [2.45, 2.75) is 36.3 Å². The van der Waals surface area contributed by atoms with Gasteiger partial charge in [-0.25, -0.2) is 13.6 Å². The number of rotatable bonds is 4. The number of amides is 1. The third-order valence-electron chi connectivity index (χ3n) is 3.52. The molecule has 8 heteroatoms. The van der Waals surface area contributed by atoms with E-state index in [0.29, 0.717) is 0 Å². The summed E-state index contributed by atoms with van der Waals surface area (Å²) in [5.74, 6) is -0.371. The van der Waals surface area contributed by atoms with Crippen molar-refractivity contribution in [2.24, 2.45) is 5.14 Å². The zero-order chi connectivity index (χ0) is 15.6. The lowest BCUT2D eigenvalue weighted by atomic mass is 10.2. The molecule has 1 aromatic carbocycles. The summed E-state index contributed by atoms with van der Waals surface area (Å²) in [6.45, 7) is 0. The number of hydrogen-bond donors (Lipinski definition) is 2. The molecule has 6 nitrogen and oxygen atoms in total. The number of primary sulfonamides is 1. The fourth-order valence-corrected chi connectivity index (χ4v) is 3.29. The van der Waals surface area contributed by atoms with Crippen molar-refractivity contribution in [3.8, 4) is 0 Å². The van der Waals surface area contributed by atoms with E-state index in [1.165, 1.54) is 18.2 Å². The van der Waals surface area contributed by atoms with Crippen molar-refractivity contribution in [2.75, 3.05) is 7.11 Å². The van der Waals surface area contributed by atoms with Crippen molar-refractivity contribution < 1.29 is 17.9 Å². The lowest BCUT2D eigenvalue weighted by Gasteiger charge is -2.13. The highest BCUT2D eigenvalue weighted by Gasteiger charge is 2.26. The molecule has 3 N–H and O–H groups in total. The highest BCUT2D eigenvalue weighted by Crippen LogP contribution is 2.23. The number of carbonyl (C=O) groups is 1. The lowest BCUT2D eigenvalue weighted by molar-refractivity contribution is 0.0915. The number of halogens is 1. The van der Waals surface area contributed by atoms with Gasteiger partial charge >= 0.3 is 0 Å². The molecule has 1 fully saturated rings. The summed E-state index contributed by atoms with van der Waals surface area (Å²) in [6, 6.07) is 3.86. The van der Waals surface area contributed by atoms with Crippen molar-refractivity contribution in [1.82, 2.24) is 5.32 Å². The molecule has 21 heavy (non-hydrogen) atoms. The maximum atomic E-state index is 12.2. The number of sulfonamides is 1.